The van der Waals surface area contributed by atoms with Crippen LogP contribution in [0.3, 0.4) is 0 Å². The van der Waals surface area contributed by atoms with Crippen LogP contribution in [0.2, 0.25) is 0 Å². The van der Waals surface area contributed by atoms with E-state index >= 15 is 0 Å². The number of carbonyl (C=O) groups excluding carboxylic acids is 1. The van der Waals surface area contributed by atoms with Gasteiger partial charge in [-0.25, -0.2) is 4.79 Å². The van der Waals surface area contributed by atoms with Gasteiger partial charge >= 0.3 is 5.97 Å². The zero-order chi connectivity index (χ0) is 21.3. The van der Waals surface area contributed by atoms with E-state index in [-0.39, 0.29) is 34.7 Å². The maximum atomic E-state index is 12.2. The van der Waals surface area contributed by atoms with Gasteiger partial charge in [-0.2, -0.15) is 0 Å². The van der Waals surface area contributed by atoms with Gasteiger partial charge in [0.25, 0.3) is 5.09 Å². The molecule has 4 saturated carbocycles. The molecule has 0 bridgehead atoms. The lowest BCUT2D eigenvalue weighted by atomic mass is 9.43. The first-order valence-electron chi connectivity index (χ1n) is 11.6. The second kappa shape index (κ2) is 6.68. The fourth-order valence-corrected chi connectivity index (χ4v) is 8.59. The summed E-state index contributed by atoms with van der Waals surface area (Å²) < 4.78 is 5.19. The molecule has 4 aliphatic carbocycles. The molecule has 0 saturated heterocycles. The monoisotopic (exact) mass is 419 g/mol. The highest BCUT2D eigenvalue weighted by atomic mass is 17.0. The molecule has 0 aromatic heterocycles. The Kier molecular flexibility index (Phi) is 4.52. The van der Waals surface area contributed by atoms with E-state index < -0.39 is 10.7 Å². The number of rotatable bonds is 3. The van der Waals surface area contributed by atoms with Crippen LogP contribution >= 0.6 is 0 Å². The highest BCUT2D eigenvalue weighted by Gasteiger charge is 2.67. The van der Waals surface area contributed by atoms with Crippen LogP contribution in [0, 0.1) is 44.6 Å². The van der Waals surface area contributed by atoms with Gasteiger partial charge in [-0.05, 0) is 92.4 Å². The Morgan fingerprint density at radius 3 is 2.63 bits per heavy atom. The Hall–Kier alpha value is -1.63. The Labute approximate surface area is 177 Å². The van der Waals surface area contributed by atoms with Gasteiger partial charge in [-0.3, -0.25) is 0 Å². The van der Waals surface area contributed by atoms with Gasteiger partial charge < -0.3 is 14.7 Å². The fraction of sp³-hybridized carbons (Fsp3) is 0.870. The van der Waals surface area contributed by atoms with E-state index in [4.69, 9.17) is 9.57 Å². The average Bonchev–Trinajstić information content (AvgIpc) is 3.22. The second-order valence-electron chi connectivity index (χ2n) is 11.0. The van der Waals surface area contributed by atoms with Gasteiger partial charge in [-0.1, -0.05) is 13.8 Å². The van der Waals surface area contributed by atoms with Crippen molar-refractivity contribution in [3.05, 3.63) is 21.8 Å². The molecule has 30 heavy (non-hydrogen) atoms. The standard InChI is InChI=1S/C23H33NO6/c1-21-8-5-16(30-24(27)28)12-15(21)3-4-19-18(21)6-9-22(2)17(7-10-23(19,22)26)14-11-20(25)29-13-14/h11,15-19,26H,3-10,12-13H2,1-2H3/t15-,16-,17+,18-,19+,21-,22+,23-/m0/s1. The first-order chi connectivity index (χ1) is 14.2. The van der Waals surface area contributed by atoms with Crippen molar-refractivity contribution in [2.24, 2.45) is 34.5 Å². The van der Waals surface area contributed by atoms with Crippen LogP contribution in [0.5, 0.6) is 0 Å². The van der Waals surface area contributed by atoms with Crippen molar-refractivity contribution in [3.8, 4) is 0 Å². The number of carbonyl (C=O) groups is 1. The molecule has 8 atom stereocenters. The zero-order valence-electron chi connectivity index (χ0n) is 18.0. The summed E-state index contributed by atoms with van der Waals surface area (Å²) >= 11 is 0. The highest BCUT2D eigenvalue weighted by Crippen LogP contribution is 2.69. The molecule has 0 spiro atoms. The fourth-order valence-electron chi connectivity index (χ4n) is 8.59. The first kappa shape index (κ1) is 20.3. The molecule has 5 aliphatic rings. The van der Waals surface area contributed by atoms with Gasteiger partial charge in [0.05, 0.1) is 5.60 Å². The molecule has 1 heterocycles. The van der Waals surface area contributed by atoms with Crippen molar-refractivity contribution >= 4 is 5.97 Å². The van der Waals surface area contributed by atoms with E-state index in [9.17, 15) is 20.0 Å². The SMILES string of the molecule is C[C@]12CC[C@H](O[N+](=O)[O-])C[C@@H]1CC[C@@H]1[C@@H]2CC[C@]2(C)[C@@H](C3=CC(=O)OC3)CC[C@]12O. The summed E-state index contributed by atoms with van der Waals surface area (Å²) in [7, 11) is 0. The molecule has 0 amide bonds. The first-order valence-corrected chi connectivity index (χ1v) is 11.6. The molecule has 0 aromatic carbocycles. The lowest BCUT2D eigenvalue weighted by molar-refractivity contribution is -0.770. The van der Waals surface area contributed by atoms with Crippen LogP contribution in [-0.4, -0.2) is 34.5 Å². The summed E-state index contributed by atoms with van der Waals surface area (Å²) in [5.41, 5.74) is 0.243. The molecular weight excluding hydrogens is 386 g/mol. The molecule has 0 unspecified atom stereocenters. The smallest absolute Gasteiger partial charge is 0.331 e. The number of ether oxygens (including phenoxy) is 1. The summed E-state index contributed by atoms with van der Waals surface area (Å²) in [5, 5.41) is 22.3. The zero-order valence-corrected chi connectivity index (χ0v) is 18.0. The molecule has 0 aromatic rings. The molecule has 5 rings (SSSR count). The van der Waals surface area contributed by atoms with Crippen molar-refractivity contribution < 1.29 is 24.6 Å². The second-order valence-corrected chi connectivity index (χ2v) is 11.0. The average molecular weight is 420 g/mol. The maximum Gasteiger partial charge on any atom is 0.331 e. The van der Waals surface area contributed by atoms with Gasteiger partial charge in [0.2, 0.25) is 0 Å². The molecule has 4 fully saturated rings. The molecule has 1 N–H and O–H groups in total. The van der Waals surface area contributed by atoms with Gasteiger partial charge in [-0.15, -0.1) is 10.1 Å². The van der Waals surface area contributed by atoms with Crippen LogP contribution < -0.4 is 0 Å². The van der Waals surface area contributed by atoms with Crippen LogP contribution in [0.25, 0.3) is 0 Å². The number of cyclic esters (lactones) is 1. The maximum absolute atomic E-state index is 12.2. The third-order valence-corrected chi connectivity index (χ3v) is 10.2. The van der Waals surface area contributed by atoms with Crippen LogP contribution in [0.1, 0.15) is 71.6 Å². The predicted molar refractivity (Wildman–Crippen MR) is 108 cm³/mol. The Morgan fingerprint density at radius 2 is 1.93 bits per heavy atom. The minimum Gasteiger partial charge on any atom is -0.458 e. The minimum atomic E-state index is -0.713. The molecular formula is C23H33NO6. The van der Waals surface area contributed by atoms with Crippen LogP contribution in [0.15, 0.2) is 11.6 Å². The topological polar surface area (TPSA) is 98.9 Å². The van der Waals surface area contributed by atoms with Crippen LogP contribution in [0.4, 0.5) is 0 Å². The predicted octanol–water partition coefficient (Wildman–Crippen LogP) is 3.82. The molecule has 1 aliphatic heterocycles. The number of fused-ring (bicyclic) bond motifs is 5. The number of hydrogen-bond donors (Lipinski definition) is 1. The number of hydrogen-bond acceptors (Lipinski definition) is 6. The summed E-state index contributed by atoms with van der Waals surface area (Å²) in [5.74, 6) is 1.09. The van der Waals surface area contributed by atoms with Crippen molar-refractivity contribution in [2.75, 3.05) is 6.61 Å². The number of aliphatic hydroxyl groups is 1. The van der Waals surface area contributed by atoms with E-state index in [0.717, 1.165) is 63.4 Å². The third-order valence-electron chi connectivity index (χ3n) is 10.2. The van der Waals surface area contributed by atoms with Crippen molar-refractivity contribution in [2.45, 2.75) is 83.3 Å². The van der Waals surface area contributed by atoms with Gasteiger partial charge in [0.15, 0.2) is 0 Å². The molecule has 7 heteroatoms. The Morgan fingerprint density at radius 1 is 1.13 bits per heavy atom. The highest BCUT2D eigenvalue weighted by molar-refractivity contribution is 5.85. The van der Waals surface area contributed by atoms with E-state index in [0.29, 0.717) is 18.4 Å². The third kappa shape index (κ3) is 2.69. The summed E-state index contributed by atoms with van der Waals surface area (Å²) in [6, 6.07) is 0. The summed E-state index contributed by atoms with van der Waals surface area (Å²) in [4.78, 5) is 27.4. The Bertz CT molecular complexity index is 797. The van der Waals surface area contributed by atoms with Crippen molar-refractivity contribution in [1.29, 1.82) is 0 Å². The minimum absolute atomic E-state index is 0.111. The summed E-state index contributed by atoms with van der Waals surface area (Å²) in [6.07, 6.45) is 9.50. The number of esters is 1. The summed E-state index contributed by atoms with van der Waals surface area (Å²) in [6.45, 7) is 4.98. The lowest BCUT2D eigenvalue weighted by Gasteiger charge is -2.63. The van der Waals surface area contributed by atoms with E-state index in [1.54, 1.807) is 6.08 Å². The molecule has 0 radical (unpaired) electrons. The van der Waals surface area contributed by atoms with Crippen molar-refractivity contribution in [3.63, 3.8) is 0 Å². The van der Waals surface area contributed by atoms with Crippen LogP contribution in [-0.2, 0) is 14.4 Å². The Balaban J connectivity index is 1.40. The van der Waals surface area contributed by atoms with Crippen molar-refractivity contribution in [1.82, 2.24) is 0 Å². The van der Waals surface area contributed by atoms with E-state index in [2.05, 4.69) is 13.8 Å². The van der Waals surface area contributed by atoms with E-state index in [1.807, 2.05) is 0 Å². The van der Waals surface area contributed by atoms with Gasteiger partial charge in [0, 0.05) is 11.5 Å². The number of nitrogens with zero attached hydrogens (tertiary/aromatic N) is 1. The van der Waals surface area contributed by atoms with E-state index in [1.165, 1.54) is 0 Å². The molecule has 166 valence electrons. The van der Waals surface area contributed by atoms with Gasteiger partial charge in [0.1, 0.15) is 12.7 Å². The molecule has 7 nitrogen and oxygen atoms in total. The normalized spacial score (nSPS) is 50.0. The lowest BCUT2D eigenvalue weighted by Crippen LogP contribution is -2.62. The quantitative estimate of drug-likeness (QED) is 0.424. The largest absolute Gasteiger partial charge is 0.458 e.